The maximum absolute atomic E-state index is 11.0. The number of aryl methyl sites for hydroxylation is 1. The van der Waals surface area contributed by atoms with E-state index in [1.54, 1.807) is 13.0 Å². The third-order valence-corrected chi connectivity index (χ3v) is 3.28. The Labute approximate surface area is 104 Å². The van der Waals surface area contributed by atoms with E-state index in [-0.39, 0.29) is 5.76 Å². The minimum absolute atomic E-state index is 0.00697. The largest absolute Gasteiger partial charge is 0.493 e. The molecule has 1 aromatic heterocycles. The number of carbonyl (C=O) groups is 1. The lowest BCUT2D eigenvalue weighted by Gasteiger charge is -2.06. The molecule has 0 spiro atoms. The molecule has 2 aromatic rings. The molecule has 1 heterocycles. The van der Waals surface area contributed by atoms with E-state index >= 15 is 0 Å². The van der Waals surface area contributed by atoms with Crippen molar-refractivity contribution < 1.29 is 19.1 Å². The molecule has 0 radical (unpaired) electrons. The van der Waals surface area contributed by atoms with Crippen molar-refractivity contribution in [3.63, 3.8) is 0 Å². The predicted molar refractivity (Wildman–Crippen MR) is 66.1 cm³/mol. The van der Waals surface area contributed by atoms with Crippen molar-refractivity contribution in [1.82, 2.24) is 0 Å². The number of furan rings is 1. The molecule has 94 valence electrons. The van der Waals surface area contributed by atoms with Crippen LogP contribution in [0, 0.1) is 12.8 Å². The molecular formula is C14H14O4. The molecule has 1 aliphatic carbocycles. The second kappa shape index (κ2) is 4.05. The van der Waals surface area contributed by atoms with Crippen LogP contribution in [0.25, 0.3) is 11.0 Å². The molecular weight excluding hydrogens is 232 g/mol. The number of aromatic carboxylic acids is 1. The minimum Gasteiger partial charge on any atom is -0.493 e. The van der Waals surface area contributed by atoms with Crippen LogP contribution in [0.2, 0.25) is 0 Å². The molecule has 1 aromatic carbocycles. The lowest BCUT2D eigenvalue weighted by atomic mass is 10.1. The van der Waals surface area contributed by atoms with Gasteiger partial charge in [-0.1, -0.05) is 6.07 Å². The molecule has 4 nitrogen and oxygen atoms in total. The molecule has 4 heteroatoms. The summed E-state index contributed by atoms with van der Waals surface area (Å²) in [5.74, 6) is 0.323. The van der Waals surface area contributed by atoms with Crippen LogP contribution in [-0.2, 0) is 0 Å². The van der Waals surface area contributed by atoms with Gasteiger partial charge in [-0.05, 0) is 37.8 Å². The summed E-state index contributed by atoms with van der Waals surface area (Å²) in [6.45, 7) is 2.45. The van der Waals surface area contributed by atoms with Crippen LogP contribution in [0.3, 0.4) is 0 Å². The number of carboxylic acid groups (broad SMARTS) is 1. The van der Waals surface area contributed by atoms with Crippen LogP contribution < -0.4 is 4.74 Å². The fraction of sp³-hybridized carbons (Fsp3) is 0.357. The van der Waals surface area contributed by atoms with Crippen LogP contribution in [0.4, 0.5) is 0 Å². The van der Waals surface area contributed by atoms with Gasteiger partial charge in [0.25, 0.3) is 0 Å². The van der Waals surface area contributed by atoms with E-state index in [0.29, 0.717) is 29.4 Å². The molecule has 1 saturated carbocycles. The van der Waals surface area contributed by atoms with E-state index in [0.717, 1.165) is 5.39 Å². The van der Waals surface area contributed by atoms with Crippen molar-refractivity contribution >= 4 is 16.9 Å². The number of hydrogen-bond donors (Lipinski definition) is 1. The highest BCUT2D eigenvalue weighted by Gasteiger charge is 2.24. The Morgan fingerprint density at radius 3 is 2.94 bits per heavy atom. The zero-order chi connectivity index (χ0) is 12.7. The highest BCUT2D eigenvalue weighted by molar-refractivity contribution is 5.97. The van der Waals surface area contributed by atoms with Crippen molar-refractivity contribution in [2.24, 2.45) is 5.92 Å². The molecule has 0 unspecified atom stereocenters. The first kappa shape index (κ1) is 11.1. The van der Waals surface area contributed by atoms with E-state index in [4.69, 9.17) is 14.3 Å². The van der Waals surface area contributed by atoms with Gasteiger partial charge in [0.2, 0.25) is 5.76 Å². The number of benzene rings is 1. The molecule has 0 saturated heterocycles. The van der Waals surface area contributed by atoms with Gasteiger partial charge in [0.05, 0.1) is 12.0 Å². The SMILES string of the molecule is Cc1c(C(=O)O)oc2cccc(OCC3CC3)c12. The van der Waals surface area contributed by atoms with Gasteiger partial charge in [0.15, 0.2) is 0 Å². The van der Waals surface area contributed by atoms with Gasteiger partial charge in [-0.2, -0.15) is 0 Å². The first-order valence-electron chi connectivity index (χ1n) is 6.05. The normalized spacial score (nSPS) is 14.9. The summed E-state index contributed by atoms with van der Waals surface area (Å²) in [7, 11) is 0. The Bertz CT molecular complexity index is 608. The predicted octanol–water partition coefficient (Wildman–Crippen LogP) is 3.23. The molecule has 1 fully saturated rings. The van der Waals surface area contributed by atoms with E-state index in [9.17, 15) is 4.79 Å². The summed E-state index contributed by atoms with van der Waals surface area (Å²) < 4.78 is 11.1. The highest BCUT2D eigenvalue weighted by atomic mass is 16.5. The fourth-order valence-corrected chi connectivity index (χ4v) is 2.08. The Morgan fingerprint density at radius 1 is 1.50 bits per heavy atom. The summed E-state index contributed by atoms with van der Waals surface area (Å²) in [6.07, 6.45) is 2.45. The van der Waals surface area contributed by atoms with Gasteiger partial charge in [0.1, 0.15) is 11.3 Å². The van der Waals surface area contributed by atoms with Gasteiger partial charge in [-0.25, -0.2) is 4.79 Å². The Kier molecular flexibility index (Phi) is 2.51. The number of hydrogen-bond acceptors (Lipinski definition) is 3. The van der Waals surface area contributed by atoms with Gasteiger partial charge in [-0.15, -0.1) is 0 Å². The van der Waals surface area contributed by atoms with Gasteiger partial charge in [-0.3, -0.25) is 0 Å². The van der Waals surface area contributed by atoms with Crippen LogP contribution in [0.15, 0.2) is 22.6 Å². The highest BCUT2D eigenvalue weighted by Crippen LogP contribution is 2.35. The van der Waals surface area contributed by atoms with Crippen molar-refractivity contribution in [2.75, 3.05) is 6.61 Å². The number of rotatable bonds is 4. The average Bonchev–Trinajstić information content (AvgIpc) is 3.10. The first-order valence-corrected chi connectivity index (χ1v) is 6.05. The topological polar surface area (TPSA) is 59.7 Å². The Hall–Kier alpha value is -1.97. The quantitative estimate of drug-likeness (QED) is 0.899. The fourth-order valence-electron chi connectivity index (χ4n) is 2.08. The number of carboxylic acids is 1. The molecule has 0 aliphatic heterocycles. The van der Waals surface area contributed by atoms with Gasteiger partial charge < -0.3 is 14.3 Å². The second-order valence-corrected chi connectivity index (χ2v) is 4.75. The minimum atomic E-state index is -1.04. The molecule has 1 N–H and O–H groups in total. The lowest BCUT2D eigenvalue weighted by Crippen LogP contribution is -1.99. The summed E-state index contributed by atoms with van der Waals surface area (Å²) in [5, 5.41) is 9.82. The van der Waals surface area contributed by atoms with Crippen molar-refractivity contribution in [3.05, 3.63) is 29.5 Å². The van der Waals surface area contributed by atoms with Crippen LogP contribution in [0.1, 0.15) is 29.0 Å². The summed E-state index contributed by atoms with van der Waals surface area (Å²) in [5.41, 5.74) is 1.20. The van der Waals surface area contributed by atoms with Crippen LogP contribution >= 0.6 is 0 Å². The van der Waals surface area contributed by atoms with Crippen molar-refractivity contribution in [2.45, 2.75) is 19.8 Å². The van der Waals surface area contributed by atoms with E-state index in [2.05, 4.69) is 0 Å². The van der Waals surface area contributed by atoms with E-state index in [1.807, 2.05) is 12.1 Å². The molecule has 0 amide bonds. The second-order valence-electron chi connectivity index (χ2n) is 4.75. The van der Waals surface area contributed by atoms with Gasteiger partial charge >= 0.3 is 5.97 Å². The number of fused-ring (bicyclic) bond motifs is 1. The van der Waals surface area contributed by atoms with Crippen molar-refractivity contribution in [1.29, 1.82) is 0 Å². The van der Waals surface area contributed by atoms with E-state index in [1.165, 1.54) is 12.8 Å². The zero-order valence-corrected chi connectivity index (χ0v) is 10.1. The van der Waals surface area contributed by atoms with E-state index < -0.39 is 5.97 Å². The third kappa shape index (κ3) is 1.83. The van der Waals surface area contributed by atoms with Gasteiger partial charge in [0, 0.05) is 5.56 Å². The zero-order valence-electron chi connectivity index (χ0n) is 10.1. The maximum atomic E-state index is 11.0. The Balaban J connectivity index is 2.04. The van der Waals surface area contributed by atoms with Crippen LogP contribution in [0.5, 0.6) is 5.75 Å². The monoisotopic (exact) mass is 246 g/mol. The lowest BCUT2D eigenvalue weighted by molar-refractivity contribution is 0.0664. The van der Waals surface area contributed by atoms with Crippen molar-refractivity contribution in [3.8, 4) is 5.75 Å². The molecule has 0 bridgehead atoms. The standard InChI is InChI=1S/C14H14O4/c1-8-12-10(17-7-9-5-6-9)3-2-4-11(12)18-13(8)14(15)16/h2-4,9H,5-7H2,1H3,(H,15,16). The molecule has 3 rings (SSSR count). The Morgan fingerprint density at radius 2 is 2.28 bits per heavy atom. The third-order valence-electron chi connectivity index (χ3n) is 3.28. The summed E-state index contributed by atoms with van der Waals surface area (Å²) in [6, 6.07) is 5.44. The maximum Gasteiger partial charge on any atom is 0.372 e. The molecule has 1 aliphatic rings. The molecule has 18 heavy (non-hydrogen) atoms. The smallest absolute Gasteiger partial charge is 0.372 e. The summed E-state index contributed by atoms with van der Waals surface area (Å²) >= 11 is 0. The number of ether oxygens (including phenoxy) is 1. The molecule has 0 atom stereocenters. The summed E-state index contributed by atoms with van der Waals surface area (Å²) in [4.78, 5) is 11.0. The first-order chi connectivity index (χ1) is 8.66. The average molecular weight is 246 g/mol. The van der Waals surface area contributed by atoms with Crippen LogP contribution in [-0.4, -0.2) is 17.7 Å².